The fraction of sp³-hybridized carbons (Fsp3) is 1.00. The minimum atomic E-state index is 0.696. The van der Waals surface area contributed by atoms with Crippen molar-refractivity contribution in [2.45, 2.75) is 70.8 Å². The molecule has 0 saturated heterocycles. The van der Waals surface area contributed by atoms with Crippen LogP contribution in [0.5, 0.6) is 0 Å². The van der Waals surface area contributed by atoms with Gasteiger partial charge in [-0.15, -0.1) is 0 Å². The summed E-state index contributed by atoms with van der Waals surface area (Å²) in [4.78, 5) is 0. The highest BCUT2D eigenvalue weighted by Gasteiger charge is 2.22. The Labute approximate surface area is 89.2 Å². The lowest BCUT2D eigenvalue weighted by molar-refractivity contribution is -0.0839. The van der Waals surface area contributed by atoms with Crippen LogP contribution in [-0.4, -0.2) is 18.0 Å². The van der Waals surface area contributed by atoms with Gasteiger partial charge < -0.3 is 4.74 Å². The molecule has 1 saturated carbocycles. The molecule has 0 heterocycles. The first-order valence-corrected chi connectivity index (χ1v) is 6.45. The molecule has 0 aromatic heterocycles. The molecule has 14 heavy (non-hydrogen) atoms. The number of hydrogen-bond acceptors (Lipinski definition) is 0. The van der Waals surface area contributed by atoms with Crippen LogP contribution in [0.25, 0.3) is 0 Å². The molecule has 1 aliphatic rings. The topological polar surface area (TPSA) is 12.8 Å². The van der Waals surface area contributed by atoms with E-state index in [1.807, 2.05) is 7.11 Å². The molecule has 0 spiro atoms. The predicted molar refractivity (Wildman–Crippen MR) is 62.6 cm³/mol. The summed E-state index contributed by atoms with van der Waals surface area (Å²) >= 11 is 0. The van der Waals surface area contributed by atoms with Gasteiger partial charge in [-0.3, -0.25) is 0 Å². The van der Waals surface area contributed by atoms with E-state index in [1.54, 1.807) is 0 Å². The van der Waals surface area contributed by atoms with Crippen molar-refractivity contribution < 1.29 is 4.74 Å². The third-order valence-electron chi connectivity index (χ3n) is 3.65. The highest BCUT2D eigenvalue weighted by Crippen LogP contribution is 2.29. The van der Waals surface area contributed by atoms with Gasteiger partial charge in [-0.25, -0.2) is 0 Å². The molecule has 1 nitrogen and oxygen atoms in total. The van der Waals surface area contributed by atoms with Crippen LogP contribution in [0.2, 0.25) is 0 Å². The monoisotopic (exact) mass is 199 g/mol. The van der Waals surface area contributed by atoms with Crippen molar-refractivity contribution in [3.63, 3.8) is 0 Å². The predicted octanol–water partition coefficient (Wildman–Crippen LogP) is 3.67. The van der Waals surface area contributed by atoms with E-state index in [-0.39, 0.29) is 0 Å². The van der Waals surface area contributed by atoms with E-state index in [4.69, 9.17) is 0 Å². The Kier molecular flexibility index (Phi) is 6.25. The zero-order chi connectivity index (χ0) is 10.2. The van der Waals surface area contributed by atoms with Crippen molar-refractivity contribution in [1.29, 1.82) is 0 Å². The summed E-state index contributed by atoms with van der Waals surface area (Å²) < 4.78 is 4.39. The van der Waals surface area contributed by atoms with Crippen molar-refractivity contribution in [2.24, 2.45) is 5.92 Å². The van der Waals surface area contributed by atoms with E-state index < -0.39 is 0 Å². The normalized spacial score (nSPS) is 27.9. The van der Waals surface area contributed by atoms with Gasteiger partial charge in [-0.05, 0) is 18.8 Å². The fourth-order valence-electron chi connectivity index (χ4n) is 2.55. The maximum Gasteiger partial charge on any atom is 0.154 e. The van der Waals surface area contributed by atoms with E-state index in [2.05, 4.69) is 11.7 Å². The molecule has 0 radical (unpaired) electrons. The number of hydrogen-bond donors (Lipinski definition) is 0. The van der Waals surface area contributed by atoms with E-state index >= 15 is 0 Å². The van der Waals surface area contributed by atoms with Crippen molar-refractivity contribution in [3.05, 3.63) is 0 Å². The Morgan fingerprint density at radius 3 is 2.29 bits per heavy atom. The van der Waals surface area contributed by atoms with E-state index in [0.717, 1.165) is 5.92 Å². The molecule has 0 atom stereocenters. The number of unbranched alkanes of at least 4 members (excludes halogenated alkanes) is 3. The molecular formula is C13H27O+. The molecule has 0 aliphatic heterocycles. The first-order chi connectivity index (χ1) is 6.86. The maximum absolute atomic E-state index is 4.39. The summed E-state index contributed by atoms with van der Waals surface area (Å²) in [6, 6.07) is 0. The summed E-state index contributed by atoms with van der Waals surface area (Å²) in [6.45, 7) is 2.29. The van der Waals surface area contributed by atoms with Crippen LogP contribution in [0, 0.1) is 5.92 Å². The lowest BCUT2D eigenvalue weighted by atomic mass is 9.84. The van der Waals surface area contributed by atoms with Crippen molar-refractivity contribution in [2.75, 3.05) is 7.11 Å². The highest BCUT2D eigenvalue weighted by atomic mass is 16.5. The molecule has 0 aromatic rings. The van der Waals surface area contributed by atoms with Crippen LogP contribution in [0.15, 0.2) is 0 Å². The number of rotatable bonds is 6. The average molecular weight is 199 g/mol. The standard InChI is InChI=1S/C13H26O/c1-3-4-5-6-7-12-8-10-13(14-2)11-9-12/h12-13H,3-11H2,1-2H3/p+1. The lowest BCUT2D eigenvalue weighted by Gasteiger charge is -2.25. The third-order valence-corrected chi connectivity index (χ3v) is 3.65. The van der Waals surface area contributed by atoms with Crippen LogP contribution in [0.4, 0.5) is 0 Å². The van der Waals surface area contributed by atoms with Gasteiger partial charge in [0.15, 0.2) is 6.10 Å². The minimum Gasteiger partial charge on any atom is -0.434 e. The minimum absolute atomic E-state index is 0.696. The molecule has 1 fully saturated rings. The summed E-state index contributed by atoms with van der Waals surface area (Å²) in [6.07, 6.45) is 13.5. The Morgan fingerprint density at radius 1 is 1.00 bits per heavy atom. The van der Waals surface area contributed by atoms with Gasteiger partial charge in [0.05, 0.1) is 0 Å². The SMILES string of the molecule is CCCCCCC1CCC([OH+]C)CC1. The molecule has 1 heteroatoms. The summed E-state index contributed by atoms with van der Waals surface area (Å²) in [5, 5.41) is 0. The zero-order valence-electron chi connectivity index (χ0n) is 9.97. The second-order valence-corrected chi connectivity index (χ2v) is 4.78. The maximum atomic E-state index is 4.39. The van der Waals surface area contributed by atoms with Gasteiger partial charge in [0.2, 0.25) is 0 Å². The van der Waals surface area contributed by atoms with Gasteiger partial charge in [0.25, 0.3) is 0 Å². The second kappa shape index (κ2) is 7.28. The molecule has 0 bridgehead atoms. The Hall–Kier alpha value is -0.0400. The van der Waals surface area contributed by atoms with Crippen molar-refractivity contribution >= 4 is 0 Å². The first kappa shape index (κ1) is 12.0. The van der Waals surface area contributed by atoms with Crippen LogP contribution in [0.1, 0.15) is 64.7 Å². The molecule has 0 aromatic carbocycles. The molecule has 84 valence electrons. The van der Waals surface area contributed by atoms with Gasteiger partial charge in [0.1, 0.15) is 7.11 Å². The molecule has 1 N–H and O–H groups in total. The van der Waals surface area contributed by atoms with Gasteiger partial charge >= 0.3 is 0 Å². The van der Waals surface area contributed by atoms with Gasteiger partial charge in [0, 0.05) is 12.8 Å². The fourth-order valence-corrected chi connectivity index (χ4v) is 2.55. The van der Waals surface area contributed by atoms with Crippen molar-refractivity contribution in [1.82, 2.24) is 0 Å². The Bertz CT molecular complexity index is 125. The lowest BCUT2D eigenvalue weighted by Crippen LogP contribution is -2.22. The quantitative estimate of drug-likeness (QED) is 0.457. The van der Waals surface area contributed by atoms with Crippen LogP contribution in [0.3, 0.4) is 0 Å². The summed E-state index contributed by atoms with van der Waals surface area (Å²) in [5.41, 5.74) is 0. The van der Waals surface area contributed by atoms with E-state index in [1.165, 1.54) is 57.8 Å². The first-order valence-electron chi connectivity index (χ1n) is 6.45. The average Bonchev–Trinajstić information content (AvgIpc) is 2.25. The third kappa shape index (κ3) is 4.45. The Balaban J connectivity index is 1.98. The number of aliphatic hydroxyl groups is 2. The summed E-state index contributed by atoms with van der Waals surface area (Å²) in [7, 11) is 1.98. The van der Waals surface area contributed by atoms with Crippen molar-refractivity contribution in [3.8, 4) is 0 Å². The van der Waals surface area contributed by atoms with Crippen LogP contribution in [-0.2, 0) is 0 Å². The molecule has 0 amide bonds. The largest absolute Gasteiger partial charge is 0.434 e. The smallest absolute Gasteiger partial charge is 0.154 e. The molecular weight excluding hydrogens is 172 g/mol. The second-order valence-electron chi connectivity index (χ2n) is 4.78. The van der Waals surface area contributed by atoms with Gasteiger partial charge in [-0.1, -0.05) is 39.0 Å². The molecule has 1 aliphatic carbocycles. The summed E-state index contributed by atoms with van der Waals surface area (Å²) in [5.74, 6) is 1.03. The zero-order valence-corrected chi connectivity index (χ0v) is 9.97. The molecule has 1 rings (SSSR count). The Morgan fingerprint density at radius 2 is 1.71 bits per heavy atom. The van der Waals surface area contributed by atoms with Crippen LogP contribution < -0.4 is 0 Å². The molecule has 0 unspecified atom stereocenters. The van der Waals surface area contributed by atoms with E-state index in [0.29, 0.717) is 6.10 Å². The van der Waals surface area contributed by atoms with E-state index in [9.17, 15) is 0 Å². The van der Waals surface area contributed by atoms with Gasteiger partial charge in [-0.2, -0.15) is 0 Å². The van der Waals surface area contributed by atoms with Crippen LogP contribution >= 0.6 is 0 Å². The number of ether oxygens (including phenoxy) is 1. The highest BCUT2D eigenvalue weighted by molar-refractivity contribution is 4.71.